The fourth-order valence-electron chi connectivity index (χ4n) is 2.39. The van der Waals surface area contributed by atoms with Crippen molar-refractivity contribution in [3.63, 3.8) is 0 Å². The predicted molar refractivity (Wildman–Crippen MR) is 88.9 cm³/mol. The van der Waals surface area contributed by atoms with Crippen molar-refractivity contribution >= 4 is 26.7 Å². The molecule has 0 aliphatic carbocycles. The Balaban J connectivity index is 2.01. The van der Waals surface area contributed by atoms with E-state index in [9.17, 15) is 0 Å². The van der Waals surface area contributed by atoms with Gasteiger partial charge in [0.1, 0.15) is 0 Å². The summed E-state index contributed by atoms with van der Waals surface area (Å²) >= 11 is 3.50. The van der Waals surface area contributed by atoms with Crippen LogP contribution in [0, 0.1) is 6.92 Å². The molecule has 20 heavy (non-hydrogen) atoms. The van der Waals surface area contributed by atoms with Crippen LogP contribution in [0.2, 0.25) is 0 Å². The number of fused-ring (bicyclic) bond motifs is 1. The first-order valence-corrected chi connectivity index (χ1v) is 7.44. The second kappa shape index (κ2) is 5.39. The van der Waals surface area contributed by atoms with Crippen molar-refractivity contribution in [2.75, 3.05) is 0 Å². The molecule has 0 saturated heterocycles. The predicted octanol–water partition coefficient (Wildman–Crippen LogP) is 4.96. The van der Waals surface area contributed by atoms with E-state index in [4.69, 9.17) is 5.73 Å². The lowest BCUT2D eigenvalue weighted by molar-refractivity contribution is 0.873. The van der Waals surface area contributed by atoms with E-state index in [0.717, 1.165) is 15.6 Å². The fraction of sp³-hybridized carbons (Fsp3) is 0.111. The first-order valence-electron chi connectivity index (χ1n) is 6.65. The number of nitrogens with two attached hydrogens (primary N) is 1. The lowest BCUT2D eigenvalue weighted by Crippen LogP contribution is -2.11. The number of rotatable bonds is 2. The maximum absolute atomic E-state index is 6.38. The molecule has 0 radical (unpaired) electrons. The standard InChI is InChI=1S/C18H16BrN/c1-12-2-4-13(5-3-12)18(20)16-7-6-15-11-17(19)9-8-14(15)10-16/h2-11,18H,20H2,1H3. The average Bonchev–Trinajstić information content (AvgIpc) is 2.47. The summed E-state index contributed by atoms with van der Waals surface area (Å²) in [6, 6.07) is 21.0. The molecular formula is C18H16BrN. The van der Waals surface area contributed by atoms with E-state index in [-0.39, 0.29) is 6.04 Å². The van der Waals surface area contributed by atoms with Gasteiger partial charge in [-0.1, -0.05) is 64.0 Å². The molecule has 2 N–H and O–H groups in total. The molecular weight excluding hydrogens is 310 g/mol. The maximum atomic E-state index is 6.38. The van der Waals surface area contributed by atoms with Crippen LogP contribution in [-0.2, 0) is 0 Å². The summed E-state index contributed by atoms with van der Waals surface area (Å²) in [4.78, 5) is 0. The van der Waals surface area contributed by atoms with Gasteiger partial charge in [-0.25, -0.2) is 0 Å². The Labute approximate surface area is 127 Å². The van der Waals surface area contributed by atoms with Crippen LogP contribution in [0.25, 0.3) is 10.8 Å². The molecule has 0 aliphatic heterocycles. The highest BCUT2D eigenvalue weighted by molar-refractivity contribution is 9.10. The van der Waals surface area contributed by atoms with Gasteiger partial charge in [-0.2, -0.15) is 0 Å². The molecule has 3 aromatic rings. The Morgan fingerprint density at radius 3 is 2.15 bits per heavy atom. The van der Waals surface area contributed by atoms with Crippen LogP contribution in [0.15, 0.2) is 65.1 Å². The molecule has 1 atom stereocenters. The van der Waals surface area contributed by atoms with Crippen LogP contribution in [-0.4, -0.2) is 0 Å². The Hall–Kier alpha value is -1.64. The van der Waals surface area contributed by atoms with Gasteiger partial charge in [0.05, 0.1) is 6.04 Å². The molecule has 0 aliphatic rings. The van der Waals surface area contributed by atoms with Crippen molar-refractivity contribution in [3.8, 4) is 0 Å². The molecule has 0 fully saturated rings. The van der Waals surface area contributed by atoms with E-state index in [2.05, 4.69) is 83.5 Å². The van der Waals surface area contributed by atoms with Gasteiger partial charge < -0.3 is 5.73 Å². The van der Waals surface area contributed by atoms with E-state index in [0.29, 0.717) is 0 Å². The summed E-state index contributed by atoms with van der Waals surface area (Å²) in [6.07, 6.45) is 0. The van der Waals surface area contributed by atoms with Gasteiger partial charge in [0.2, 0.25) is 0 Å². The summed E-state index contributed by atoms with van der Waals surface area (Å²) in [5.41, 5.74) is 9.92. The summed E-state index contributed by atoms with van der Waals surface area (Å²) < 4.78 is 1.10. The Morgan fingerprint density at radius 1 is 0.800 bits per heavy atom. The van der Waals surface area contributed by atoms with Crippen LogP contribution < -0.4 is 5.73 Å². The number of aryl methyl sites for hydroxylation is 1. The van der Waals surface area contributed by atoms with Crippen molar-refractivity contribution in [1.82, 2.24) is 0 Å². The molecule has 1 unspecified atom stereocenters. The molecule has 2 heteroatoms. The van der Waals surface area contributed by atoms with E-state index in [1.165, 1.54) is 16.3 Å². The second-order valence-corrected chi connectivity index (χ2v) is 6.05. The first kappa shape index (κ1) is 13.3. The van der Waals surface area contributed by atoms with Crippen molar-refractivity contribution in [2.45, 2.75) is 13.0 Å². The Morgan fingerprint density at radius 2 is 1.40 bits per heavy atom. The smallest absolute Gasteiger partial charge is 0.0551 e. The summed E-state index contributed by atoms with van der Waals surface area (Å²) in [5.74, 6) is 0. The van der Waals surface area contributed by atoms with E-state index >= 15 is 0 Å². The lowest BCUT2D eigenvalue weighted by atomic mass is 9.96. The van der Waals surface area contributed by atoms with Crippen LogP contribution >= 0.6 is 15.9 Å². The van der Waals surface area contributed by atoms with E-state index < -0.39 is 0 Å². The van der Waals surface area contributed by atoms with Crippen molar-refractivity contribution in [3.05, 3.63) is 81.8 Å². The van der Waals surface area contributed by atoms with Gasteiger partial charge in [0.25, 0.3) is 0 Å². The highest BCUT2D eigenvalue weighted by Crippen LogP contribution is 2.26. The van der Waals surface area contributed by atoms with Gasteiger partial charge in [0, 0.05) is 4.47 Å². The first-order chi connectivity index (χ1) is 9.63. The Kier molecular flexibility index (Phi) is 3.60. The van der Waals surface area contributed by atoms with Crippen molar-refractivity contribution in [2.24, 2.45) is 5.73 Å². The zero-order valence-electron chi connectivity index (χ0n) is 11.3. The minimum absolute atomic E-state index is 0.0800. The Bertz CT molecular complexity index is 747. The monoisotopic (exact) mass is 325 g/mol. The summed E-state index contributed by atoms with van der Waals surface area (Å²) in [7, 11) is 0. The third-order valence-electron chi connectivity index (χ3n) is 3.62. The molecule has 0 amide bonds. The zero-order chi connectivity index (χ0) is 14.1. The zero-order valence-corrected chi connectivity index (χ0v) is 12.9. The molecule has 1 nitrogen and oxygen atoms in total. The molecule has 0 aromatic heterocycles. The van der Waals surface area contributed by atoms with Crippen molar-refractivity contribution in [1.29, 1.82) is 0 Å². The summed E-state index contributed by atoms with van der Waals surface area (Å²) in [5, 5.41) is 2.44. The maximum Gasteiger partial charge on any atom is 0.0551 e. The normalized spacial score (nSPS) is 12.6. The van der Waals surface area contributed by atoms with Crippen LogP contribution in [0.1, 0.15) is 22.7 Å². The average molecular weight is 326 g/mol. The van der Waals surface area contributed by atoms with Gasteiger partial charge in [-0.3, -0.25) is 0 Å². The molecule has 3 aromatic carbocycles. The minimum atomic E-state index is -0.0800. The van der Waals surface area contributed by atoms with Gasteiger partial charge in [-0.05, 0) is 47.0 Å². The minimum Gasteiger partial charge on any atom is -0.320 e. The molecule has 3 rings (SSSR count). The lowest BCUT2D eigenvalue weighted by Gasteiger charge is -2.14. The highest BCUT2D eigenvalue weighted by atomic mass is 79.9. The van der Waals surface area contributed by atoms with Crippen LogP contribution in [0.3, 0.4) is 0 Å². The third-order valence-corrected chi connectivity index (χ3v) is 4.12. The molecule has 100 valence electrons. The highest BCUT2D eigenvalue weighted by Gasteiger charge is 2.09. The fourth-order valence-corrected chi connectivity index (χ4v) is 2.77. The largest absolute Gasteiger partial charge is 0.320 e. The topological polar surface area (TPSA) is 26.0 Å². The van der Waals surface area contributed by atoms with Gasteiger partial charge in [-0.15, -0.1) is 0 Å². The third kappa shape index (κ3) is 2.62. The number of hydrogen-bond donors (Lipinski definition) is 1. The SMILES string of the molecule is Cc1ccc(C(N)c2ccc3cc(Br)ccc3c2)cc1. The number of benzene rings is 3. The molecule has 0 bridgehead atoms. The molecule has 0 saturated carbocycles. The van der Waals surface area contributed by atoms with Gasteiger partial charge >= 0.3 is 0 Å². The quantitative estimate of drug-likeness (QED) is 0.708. The molecule has 0 heterocycles. The number of halogens is 1. The second-order valence-electron chi connectivity index (χ2n) is 5.14. The van der Waals surface area contributed by atoms with E-state index in [1.807, 2.05) is 0 Å². The van der Waals surface area contributed by atoms with Crippen LogP contribution in [0.4, 0.5) is 0 Å². The van der Waals surface area contributed by atoms with E-state index in [1.54, 1.807) is 0 Å². The van der Waals surface area contributed by atoms with Gasteiger partial charge in [0.15, 0.2) is 0 Å². The van der Waals surface area contributed by atoms with Crippen LogP contribution in [0.5, 0.6) is 0 Å². The molecule has 0 spiro atoms. The summed E-state index contributed by atoms with van der Waals surface area (Å²) in [6.45, 7) is 2.09. The number of hydrogen-bond acceptors (Lipinski definition) is 1. The van der Waals surface area contributed by atoms with Crippen molar-refractivity contribution < 1.29 is 0 Å².